The van der Waals surface area contributed by atoms with Crippen molar-refractivity contribution in [1.82, 2.24) is 0 Å². The molecular weight excluding hydrogens is 114 g/mol. The molecule has 0 saturated carbocycles. The van der Waals surface area contributed by atoms with Crippen LogP contribution in [0.15, 0.2) is 0 Å². The van der Waals surface area contributed by atoms with Crippen molar-refractivity contribution in [1.29, 1.82) is 0 Å². The van der Waals surface area contributed by atoms with Crippen molar-refractivity contribution in [3.8, 4) is 0 Å². The molecule has 5 nitrogen and oxygen atoms in total. The highest BCUT2D eigenvalue weighted by Crippen LogP contribution is 1.76. The van der Waals surface area contributed by atoms with Crippen LogP contribution in [0.25, 0.3) is 0 Å². The van der Waals surface area contributed by atoms with Crippen LogP contribution in [0.5, 0.6) is 0 Å². The lowest BCUT2D eigenvalue weighted by Gasteiger charge is -1.88. The lowest BCUT2D eigenvalue weighted by atomic mass is 10.5. The van der Waals surface area contributed by atoms with Crippen LogP contribution in [-0.2, 0) is 9.63 Å². The molecule has 0 radical (unpaired) electrons. The minimum atomic E-state index is -0.927. The third kappa shape index (κ3) is 4.87. The van der Waals surface area contributed by atoms with E-state index >= 15 is 0 Å². The Morgan fingerprint density at radius 2 is 2.38 bits per heavy atom. The third-order valence-corrected chi connectivity index (χ3v) is 0.432. The standard InChI is InChI=1S/C3H5NO4/c5-2-1-3-8-4(6)7/h2H,1,3H2. The first-order valence-corrected chi connectivity index (χ1v) is 1.98. The Morgan fingerprint density at radius 3 is 2.75 bits per heavy atom. The zero-order valence-electron chi connectivity index (χ0n) is 4.07. The van der Waals surface area contributed by atoms with Crippen molar-refractivity contribution in [2.45, 2.75) is 6.42 Å². The largest absolute Gasteiger partial charge is 0.313 e. The van der Waals surface area contributed by atoms with E-state index in [9.17, 15) is 14.9 Å². The SMILES string of the molecule is O=CCCO[N+](=O)[O-]. The Labute approximate surface area is 45.4 Å². The molecule has 0 aromatic heterocycles. The van der Waals surface area contributed by atoms with E-state index in [4.69, 9.17) is 0 Å². The lowest BCUT2D eigenvalue weighted by Crippen LogP contribution is -2.01. The molecule has 0 amide bonds. The first-order chi connectivity index (χ1) is 3.77. The molecule has 0 atom stereocenters. The minimum absolute atomic E-state index is 0.0704. The fourth-order valence-electron chi connectivity index (χ4n) is 0.175. The van der Waals surface area contributed by atoms with Crippen molar-refractivity contribution < 1.29 is 14.7 Å². The van der Waals surface area contributed by atoms with Gasteiger partial charge in [-0.1, -0.05) is 0 Å². The van der Waals surface area contributed by atoms with E-state index in [2.05, 4.69) is 4.84 Å². The van der Waals surface area contributed by atoms with Gasteiger partial charge < -0.3 is 9.63 Å². The molecule has 0 bridgehead atoms. The molecule has 0 spiro atoms. The summed E-state index contributed by atoms with van der Waals surface area (Å²) in [5.74, 6) is 0. The van der Waals surface area contributed by atoms with Gasteiger partial charge in [-0.3, -0.25) is 0 Å². The van der Waals surface area contributed by atoms with E-state index < -0.39 is 5.09 Å². The Balaban J connectivity index is 2.93. The average Bonchev–Trinajstić information content (AvgIpc) is 1.66. The average molecular weight is 119 g/mol. The van der Waals surface area contributed by atoms with E-state index in [0.29, 0.717) is 6.29 Å². The van der Waals surface area contributed by atoms with Crippen molar-refractivity contribution in [2.24, 2.45) is 0 Å². The van der Waals surface area contributed by atoms with E-state index in [0.717, 1.165) is 0 Å². The molecule has 0 N–H and O–H groups in total. The first kappa shape index (κ1) is 6.87. The summed E-state index contributed by atoms with van der Waals surface area (Å²) >= 11 is 0. The number of carbonyl (C=O) groups is 1. The fraction of sp³-hybridized carbons (Fsp3) is 0.667. The summed E-state index contributed by atoms with van der Waals surface area (Å²) in [7, 11) is 0. The molecule has 0 unspecified atom stereocenters. The fourth-order valence-corrected chi connectivity index (χ4v) is 0.175. The van der Waals surface area contributed by atoms with Gasteiger partial charge in [-0.2, -0.15) is 0 Å². The highest BCUT2D eigenvalue weighted by Gasteiger charge is 1.90. The molecule has 0 saturated heterocycles. The Kier molecular flexibility index (Phi) is 3.47. The maximum absolute atomic E-state index is 9.48. The van der Waals surface area contributed by atoms with Crippen molar-refractivity contribution >= 4 is 6.29 Å². The molecule has 0 heterocycles. The quantitative estimate of drug-likeness (QED) is 0.222. The maximum Gasteiger partial charge on any atom is 0.294 e. The Hall–Kier alpha value is -1.13. The highest BCUT2D eigenvalue weighted by atomic mass is 16.9. The van der Waals surface area contributed by atoms with Crippen LogP contribution < -0.4 is 0 Å². The zero-order valence-corrected chi connectivity index (χ0v) is 4.07. The molecule has 0 aliphatic heterocycles. The summed E-state index contributed by atoms with van der Waals surface area (Å²) in [6.45, 7) is -0.142. The van der Waals surface area contributed by atoms with Crippen LogP contribution in [0.2, 0.25) is 0 Å². The summed E-state index contributed by atoms with van der Waals surface area (Å²) in [5.41, 5.74) is 0. The van der Waals surface area contributed by atoms with Crippen LogP contribution in [0, 0.1) is 10.1 Å². The van der Waals surface area contributed by atoms with E-state index in [1.165, 1.54) is 0 Å². The van der Waals surface area contributed by atoms with Gasteiger partial charge in [0.1, 0.15) is 12.9 Å². The first-order valence-electron chi connectivity index (χ1n) is 1.98. The Morgan fingerprint density at radius 1 is 1.75 bits per heavy atom. The van der Waals surface area contributed by atoms with Gasteiger partial charge in [0.05, 0.1) is 0 Å². The molecule has 8 heavy (non-hydrogen) atoms. The van der Waals surface area contributed by atoms with E-state index in [1.807, 2.05) is 0 Å². The van der Waals surface area contributed by atoms with Gasteiger partial charge >= 0.3 is 0 Å². The molecule has 46 valence electrons. The molecule has 5 heteroatoms. The molecule has 0 rings (SSSR count). The molecule has 0 aliphatic carbocycles. The highest BCUT2D eigenvalue weighted by molar-refractivity contribution is 5.49. The number of nitrogens with zero attached hydrogens (tertiary/aromatic N) is 1. The van der Waals surface area contributed by atoms with Crippen molar-refractivity contribution in [2.75, 3.05) is 6.61 Å². The second-order valence-corrected chi connectivity index (χ2v) is 1.01. The van der Waals surface area contributed by atoms with Gasteiger partial charge in [-0.25, -0.2) is 0 Å². The van der Waals surface area contributed by atoms with Crippen LogP contribution in [0.1, 0.15) is 6.42 Å². The number of aldehydes is 1. The normalized spacial score (nSPS) is 8.00. The second-order valence-electron chi connectivity index (χ2n) is 1.01. The number of rotatable bonds is 4. The summed E-state index contributed by atoms with van der Waals surface area (Å²) in [6.07, 6.45) is 0.629. The second kappa shape index (κ2) is 4.04. The molecule has 0 aromatic rings. The van der Waals surface area contributed by atoms with Gasteiger partial charge in [-0.15, -0.1) is 10.1 Å². The van der Waals surface area contributed by atoms with Crippen LogP contribution in [0.4, 0.5) is 0 Å². The predicted octanol–water partition coefficient (Wildman–Crippen LogP) is -0.216. The maximum atomic E-state index is 9.48. The van der Waals surface area contributed by atoms with Gasteiger partial charge in [0.15, 0.2) is 0 Å². The molecule has 0 aromatic carbocycles. The van der Waals surface area contributed by atoms with E-state index in [1.54, 1.807) is 0 Å². The smallest absolute Gasteiger partial charge is 0.294 e. The van der Waals surface area contributed by atoms with Crippen molar-refractivity contribution in [3.63, 3.8) is 0 Å². The summed E-state index contributed by atoms with van der Waals surface area (Å²) in [6, 6.07) is 0. The van der Waals surface area contributed by atoms with Gasteiger partial charge in [0, 0.05) is 6.42 Å². The predicted molar refractivity (Wildman–Crippen MR) is 23.6 cm³/mol. The van der Waals surface area contributed by atoms with Crippen LogP contribution >= 0.6 is 0 Å². The number of hydrogen-bond acceptors (Lipinski definition) is 4. The summed E-state index contributed by atoms with van der Waals surface area (Å²) in [4.78, 5) is 22.6. The van der Waals surface area contributed by atoms with Crippen LogP contribution in [-0.4, -0.2) is 18.0 Å². The lowest BCUT2D eigenvalue weighted by molar-refractivity contribution is -0.757. The van der Waals surface area contributed by atoms with E-state index in [-0.39, 0.29) is 13.0 Å². The Bertz CT molecular complexity index is 91.3. The zero-order chi connectivity index (χ0) is 6.41. The molecule has 0 aliphatic rings. The van der Waals surface area contributed by atoms with Gasteiger partial charge in [0.2, 0.25) is 0 Å². The number of hydrogen-bond donors (Lipinski definition) is 0. The van der Waals surface area contributed by atoms with Crippen molar-refractivity contribution in [3.05, 3.63) is 10.1 Å². The minimum Gasteiger partial charge on any atom is -0.313 e. The number of carbonyl (C=O) groups excluding carboxylic acids is 1. The molecular formula is C3H5NO4. The third-order valence-electron chi connectivity index (χ3n) is 0.432. The van der Waals surface area contributed by atoms with Gasteiger partial charge in [-0.05, 0) is 0 Å². The molecule has 0 fully saturated rings. The topological polar surface area (TPSA) is 69.4 Å². The van der Waals surface area contributed by atoms with Gasteiger partial charge in [0.25, 0.3) is 5.09 Å². The summed E-state index contributed by atoms with van der Waals surface area (Å²) < 4.78 is 0. The monoisotopic (exact) mass is 119 g/mol. The summed E-state index contributed by atoms with van der Waals surface area (Å²) in [5, 5.41) is 8.41. The van der Waals surface area contributed by atoms with Crippen LogP contribution in [0.3, 0.4) is 0 Å².